The van der Waals surface area contributed by atoms with Crippen LogP contribution in [-0.4, -0.2) is 11.7 Å². The van der Waals surface area contributed by atoms with Gasteiger partial charge in [-0.05, 0) is 35.9 Å². The summed E-state index contributed by atoms with van der Waals surface area (Å²) in [5.41, 5.74) is 1.81. The Hall–Kier alpha value is -0.680. The summed E-state index contributed by atoms with van der Waals surface area (Å²) in [7, 11) is 0. The molecule has 21 heavy (non-hydrogen) atoms. The van der Waals surface area contributed by atoms with E-state index in [0.29, 0.717) is 15.8 Å². The van der Waals surface area contributed by atoms with Crippen LogP contribution in [0.5, 0.6) is 0 Å². The summed E-state index contributed by atoms with van der Waals surface area (Å²) < 4.78 is 1.01. The lowest BCUT2D eigenvalue weighted by molar-refractivity contribution is -0.115. The molecule has 2 aromatic carbocycles. The van der Waals surface area contributed by atoms with Gasteiger partial charge in [-0.25, -0.2) is 0 Å². The molecule has 1 saturated heterocycles. The van der Waals surface area contributed by atoms with Gasteiger partial charge in [0.2, 0.25) is 5.91 Å². The summed E-state index contributed by atoms with van der Waals surface area (Å²) in [6.07, 6.45) is 0. The van der Waals surface area contributed by atoms with Crippen LogP contribution in [0.3, 0.4) is 0 Å². The lowest BCUT2D eigenvalue weighted by Crippen LogP contribution is -2.27. The number of carbonyl (C=O) groups is 1. The number of halogens is 3. The van der Waals surface area contributed by atoms with Gasteiger partial charge in [0.1, 0.15) is 5.37 Å². The van der Waals surface area contributed by atoms with E-state index in [-0.39, 0.29) is 11.3 Å². The zero-order valence-corrected chi connectivity index (χ0v) is 14.6. The molecule has 6 heteroatoms. The van der Waals surface area contributed by atoms with Crippen LogP contribution in [-0.2, 0) is 4.79 Å². The van der Waals surface area contributed by atoms with Crippen LogP contribution in [0.4, 0.5) is 5.69 Å². The normalized spacial score (nSPS) is 18.3. The number of hydrogen-bond donors (Lipinski definition) is 0. The number of anilines is 1. The second kappa shape index (κ2) is 6.21. The first-order chi connectivity index (χ1) is 10.0. The van der Waals surface area contributed by atoms with Crippen molar-refractivity contribution in [1.82, 2.24) is 0 Å². The van der Waals surface area contributed by atoms with Gasteiger partial charge in [-0.1, -0.05) is 51.3 Å². The summed E-state index contributed by atoms with van der Waals surface area (Å²) >= 11 is 17.1. The highest BCUT2D eigenvalue weighted by molar-refractivity contribution is 9.10. The minimum Gasteiger partial charge on any atom is -0.295 e. The molecule has 108 valence electrons. The Bertz CT molecular complexity index is 672. The van der Waals surface area contributed by atoms with Crippen molar-refractivity contribution in [3.05, 3.63) is 62.5 Å². The van der Waals surface area contributed by atoms with Crippen LogP contribution in [0.15, 0.2) is 46.9 Å². The van der Waals surface area contributed by atoms with E-state index in [1.165, 1.54) is 0 Å². The van der Waals surface area contributed by atoms with Crippen molar-refractivity contribution in [3.63, 3.8) is 0 Å². The fourth-order valence-corrected chi connectivity index (χ4v) is 4.21. The Morgan fingerprint density at radius 1 is 1.10 bits per heavy atom. The molecule has 1 atom stereocenters. The molecule has 1 aliphatic heterocycles. The predicted octanol–water partition coefficient (Wildman–Crippen LogP) is 5.53. The summed E-state index contributed by atoms with van der Waals surface area (Å²) in [5.74, 6) is 0.511. The average molecular weight is 403 g/mol. The smallest absolute Gasteiger partial charge is 0.238 e. The largest absolute Gasteiger partial charge is 0.295 e. The molecule has 1 amide bonds. The second-order valence-corrected chi connectivity index (χ2v) is 7.46. The van der Waals surface area contributed by atoms with E-state index in [1.54, 1.807) is 34.9 Å². The van der Waals surface area contributed by atoms with Crippen LogP contribution >= 0.6 is 50.9 Å². The first kappa shape index (κ1) is 15.2. The molecule has 0 unspecified atom stereocenters. The second-order valence-electron chi connectivity index (χ2n) is 4.61. The third-order valence-electron chi connectivity index (χ3n) is 3.15. The molecular weight excluding hydrogens is 393 g/mol. The number of benzene rings is 2. The van der Waals surface area contributed by atoms with Gasteiger partial charge in [-0.2, -0.15) is 0 Å². The van der Waals surface area contributed by atoms with Crippen molar-refractivity contribution in [2.45, 2.75) is 5.37 Å². The highest BCUT2D eigenvalue weighted by Gasteiger charge is 2.34. The van der Waals surface area contributed by atoms with Crippen molar-refractivity contribution in [1.29, 1.82) is 0 Å². The van der Waals surface area contributed by atoms with E-state index in [4.69, 9.17) is 23.2 Å². The van der Waals surface area contributed by atoms with E-state index in [0.717, 1.165) is 15.7 Å². The fourth-order valence-electron chi connectivity index (χ4n) is 2.26. The third-order valence-corrected chi connectivity index (χ3v) is 5.33. The van der Waals surface area contributed by atoms with Crippen molar-refractivity contribution >= 4 is 62.5 Å². The summed E-state index contributed by atoms with van der Waals surface area (Å²) in [6.45, 7) is 0. The Morgan fingerprint density at radius 3 is 2.33 bits per heavy atom. The maximum Gasteiger partial charge on any atom is 0.238 e. The number of rotatable bonds is 2. The highest BCUT2D eigenvalue weighted by atomic mass is 79.9. The number of carbonyl (C=O) groups excluding carboxylic acids is 1. The lowest BCUT2D eigenvalue weighted by Gasteiger charge is -2.24. The summed E-state index contributed by atoms with van der Waals surface area (Å²) in [4.78, 5) is 14.0. The third kappa shape index (κ3) is 3.24. The number of hydrogen-bond acceptors (Lipinski definition) is 2. The molecule has 0 N–H and O–H groups in total. The molecular formula is C15H10BrCl2NOS. The number of nitrogens with zero attached hydrogens (tertiary/aromatic N) is 1. The summed E-state index contributed by atoms with van der Waals surface area (Å²) in [5, 5.41) is 0.994. The van der Waals surface area contributed by atoms with Crippen LogP contribution in [0.2, 0.25) is 10.0 Å². The molecule has 2 nitrogen and oxygen atoms in total. The van der Waals surface area contributed by atoms with Gasteiger partial charge >= 0.3 is 0 Å². The van der Waals surface area contributed by atoms with E-state index >= 15 is 0 Å². The zero-order valence-electron chi connectivity index (χ0n) is 10.7. The van der Waals surface area contributed by atoms with Gasteiger partial charge < -0.3 is 0 Å². The van der Waals surface area contributed by atoms with E-state index in [2.05, 4.69) is 15.9 Å². The van der Waals surface area contributed by atoms with Gasteiger partial charge in [-0.3, -0.25) is 9.69 Å². The minimum absolute atomic E-state index is 0.0554. The molecule has 0 aliphatic carbocycles. The van der Waals surface area contributed by atoms with Crippen LogP contribution < -0.4 is 4.90 Å². The summed E-state index contributed by atoms with van der Waals surface area (Å²) in [6, 6.07) is 13.2. The van der Waals surface area contributed by atoms with Crippen molar-refractivity contribution in [2.75, 3.05) is 10.7 Å². The van der Waals surface area contributed by atoms with Gasteiger partial charge in [-0.15, -0.1) is 11.8 Å². The maximum absolute atomic E-state index is 12.3. The quantitative estimate of drug-likeness (QED) is 0.657. The molecule has 0 aromatic heterocycles. The van der Waals surface area contributed by atoms with Gasteiger partial charge in [0.05, 0.1) is 5.75 Å². The van der Waals surface area contributed by atoms with Crippen LogP contribution in [0.1, 0.15) is 10.9 Å². The molecule has 1 heterocycles. The molecule has 2 aromatic rings. The Morgan fingerprint density at radius 2 is 1.71 bits per heavy atom. The highest BCUT2D eigenvalue weighted by Crippen LogP contribution is 2.43. The Labute approximate surface area is 145 Å². The molecule has 0 radical (unpaired) electrons. The lowest BCUT2D eigenvalue weighted by atomic mass is 10.2. The first-order valence-corrected chi connectivity index (χ1v) is 8.79. The molecule has 3 rings (SSSR count). The Balaban J connectivity index is 2.01. The van der Waals surface area contributed by atoms with Gasteiger partial charge in [0, 0.05) is 20.2 Å². The van der Waals surface area contributed by atoms with Crippen molar-refractivity contribution < 1.29 is 4.79 Å². The fraction of sp³-hybridized carbons (Fsp3) is 0.133. The maximum atomic E-state index is 12.3. The van der Waals surface area contributed by atoms with Gasteiger partial charge in [0.25, 0.3) is 0 Å². The van der Waals surface area contributed by atoms with Crippen molar-refractivity contribution in [3.8, 4) is 0 Å². The minimum atomic E-state index is -0.0554. The first-order valence-electron chi connectivity index (χ1n) is 6.20. The average Bonchev–Trinajstić information content (AvgIpc) is 2.80. The number of amides is 1. The molecule has 1 aliphatic rings. The van der Waals surface area contributed by atoms with E-state index in [1.807, 2.05) is 24.3 Å². The SMILES string of the molecule is O=C1CS[C@@H](c2ccc(Br)cc2)N1c1cc(Cl)cc(Cl)c1. The predicted molar refractivity (Wildman–Crippen MR) is 93.3 cm³/mol. The monoisotopic (exact) mass is 401 g/mol. The van der Waals surface area contributed by atoms with Crippen molar-refractivity contribution in [2.24, 2.45) is 0 Å². The van der Waals surface area contributed by atoms with Crippen LogP contribution in [0, 0.1) is 0 Å². The van der Waals surface area contributed by atoms with Crippen LogP contribution in [0.25, 0.3) is 0 Å². The van der Waals surface area contributed by atoms with Gasteiger partial charge in [0.15, 0.2) is 0 Å². The van der Waals surface area contributed by atoms with E-state index in [9.17, 15) is 4.79 Å². The van der Waals surface area contributed by atoms with E-state index < -0.39 is 0 Å². The molecule has 0 saturated carbocycles. The zero-order chi connectivity index (χ0) is 15.0. The molecule has 1 fully saturated rings. The standard InChI is InChI=1S/C15H10BrCl2NOS/c16-10-3-1-9(2-4-10)15-19(14(20)8-21-15)13-6-11(17)5-12(18)7-13/h1-7,15H,8H2/t15-/m0/s1. The Kier molecular flexibility index (Phi) is 4.50. The molecule has 0 bridgehead atoms. The number of thioether (sulfide) groups is 1. The topological polar surface area (TPSA) is 20.3 Å². The molecule has 0 spiro atoms.